The Morgan fingerprint density at radius 1 is 1.35 bits per heavy atom. The highest BCUT2D eigenvalue weighted by Gasteiger charge is 2.41. The van der Waals surface area contributed by atoms with Crippen LogP contribution in [0.25, 0.3) is 0 Å². The molecule has 1 saturated heterocycles. The molecule has 1 aromatic carbocycles. The minimum Gasteiger partial charge on any atom is -0.346 e. The molecule has 4 heteroatoms. The number of hydrogen-bond acceptors (Lipinski definition) is 2. The molecule has 0 aromatic heterocycles. The van der Waals surface area contributed by atoms with Gasteiger partial charge in [-0.05, 0) is 12.0 Å². The minimum atomic E-state index is -0.562. The van der Waals surface area contributed by atoms with Crippen LogP contribution in [0.15, 0.2) is 30.3 Å². The summed E-state index contributed by atoms with van der Waals surface area (Å²) < 4.78 is 0. The summed E-state index contributed by atoms with van der Waals surface area (Å²) in [6.45, 7) is 3.14. The van der Waals surface area contributed by atoms with E-state index >= 15 is 0 Å². The van der Waals surface area contributed by atoms with Crippen molar-refractivity contribution in [3.8, 4) is 0 Å². The molecule has 0 radical (unpaired) electrons. The van der Waals surface area contributed by atoms with E-state index in [4.69, 9.17) is 0 Å². The molecule has 108 valence electrons. The van der Waals surface area contributed by atoms with Gasteiger partial charge < -0.3 is 9.80 Å². The molecule has 2 rings (SSSR count). The van der Waals surface area contributed by atoms with Crippen molar-refractivity contribution >= 4 is 11.8 Å². The summed E-state index contributed by atoms with van der Waals surface area (Å²) >= 11 is 0. The van der Waals surface area contributed by atoms with Gasteiger partial charge in [0.2, 0.25) is 11.8 Å². The number of carbonyl (C=O) groups excluding carboxylic acids is 2. The zero-order valence-corrected chi connectivity index (χ0v) is 12.4. The van der Waals surface area contributed by atoms with E-state index in [9.17, 15) is 9.59 Å². The molecule has 2 amide bonds. The van der Waals surface area contributed by atoms with E-state index in [-0.39, 0.29) is 11.8 Å². The van der Waals surface area contributed by atoms with Gasteiger partial charge in [-0.15, -0.1) is 0 Å². The SMILES string of the molecule is CN1CCC(C)(C(=O)N(C)Cc2ccccc2)CC1=O. The van der Waals surface area contributed by atoms with Gasteiger partial charge in [0.05, 0.1) is 5.41 Å². The Hall–Kier alpha value is -1.84. The first-order valence-corrected chi connectivity index (χ1v) is 6.96. The molecule has 1 heterocycles. The molecule has 0 aliphatic carbocycles. The fourth-order valence-electron chi connectivity index (χ4n) is 2.67. The summed E-state index contributed by atoms with van der Waals surface area (Å²) in [5.41, 5.74) is 0.541. The Balaban J connectivity index is 2.05. The van der Waals surface area contributed by atoms with Gasteiger partial charge in [0, 0.05) is 33.6 Å². The van der Waals surface area contributed by atoms with Gasteiger partial charge in [-0.1, -0.05) is 37.3 Å². The van der Waals surface area contributed by atoms with Crippen LogP contribution in [0.5, 0.6) is 0 Å². The van der Waals surface area contributed by atoms with Crippen LogP contribution in [0.4, 0.5) is 0 Å². The number of amides is 2. The highest BCUT2D eigenvalue weighted by Crippen LogP contribution is 2.33. The van der Waals surface area contributed by atoms with E-state index < -0.39 is 5.41 Å². The maximum Gasteiger partial charge on any atom is 0.229 e. The zero-order chi connectivity index (χ0) is 14.8. The van der Waals surface area contributed by atoms with Crippen LogP contribution in [0.1, 0.15) is 25.3 Å². The number of nitrogens with zero attached hydrogens (tertiary/aromatic N) is 2. The number of likely N-dealkylation sites (tertiary alicyclic amines) is 1. The third-order valence-corrected chi connectivity index (χ3v) is 4.09. The fourth-order valence-corrected chi connectivity index (χ4v) is 2.67. The van der Waals surface area contributed by atoms with Crippen LogP contribution in [0, 0.1) is 5.41 Å². The average Bonchev–Trinajstić information content (AvgIpc) is 2.43. The second-order valence-corrected chi connectivity index (χ2v) is 5.95. The monoisotopic (exact) mass is 274 g/mol. The van der Waals surface area contributed by atoms with Crippen molar-refractivity contribution in [1.82, 2.24) is 9.80 Å². The van der Waals surface area contributed by atoms with E-state index in [0.29, 0.717) is 19.5 Å². The summed E-state index contributed by atoms with van der Waals surface area (Å²) in [5, 5.41) is 0. The molecule has 0 spiro atoms. The predicted molar refractivity (Wildman–Crippen MR) is 77.9 cm³/mol. The van der Waals surface area contributed by atoms with Crippen LogP contribution in [-0.2, 0) is 16.1 Å². The van der Waals surface area contributed by atoms with Crippen molar-refractivity contribution in [3.63, 3.8) is 0 Å². The molecule has 20 heavy (non-hydrogen) atoms. The first-order valence-electron chi connectivity index (χ1n) is 6.96. The molecule has 0 saturated carbocycles. The van der Waals surface area contributed by atoms with Gasteiger partial charge in [-0.2, -0.15) is 0 Å². The molecule has 1 aromatic rings. The van der Waals surface area contributed by atoms with E-state index in [2.05, 4.69) is 0 Å². The second kappa shape index (κ2) is 5.65. The lowest BCUT2D eigenvalue weighted by Gasteiger charge is -2.38. The van der Waals surface area contributed by atoms with Gasteiger partial charge >= 0.3 is 0 Å². The maximum atomic E-state index is 12.6. The van der Waals surface area contributed by atoms with Crippen LogP contribution in [0.3, 0.4) is 0 Å². The highest BCUT2D eigenvalue weighted by atomic mass is 16.2. The van der Waals surface area contributed by atoms with Gasteiger partial charge in [0.1, 0.15) is 0 Å². The van der Waals surface area contributed by atoms with Crippen molar-refractivity contribution in [2.45, 2.75) is 26.3 Å². The molecule has 1 atom stereocenters. The summed E-state index contributed by atoms with van der Waals surface area (Å²) in [4.78, 5) is 27.9. The standard InChI is InChI=1S/C16H22N2O2/c1-16(9-10-17(2)14(19)11-16)15(20)18(3)12-13-7-5-4-6-8-13/h4-8H,9-12H2,1-3H3. The Labute approximate surface area is 120 Å². The Bertz CT molecular complexity index is 500. The normalized spacial score (nSPS) is 22.8. The number of rotatable bonds is 3. The summed E-state index contributed by atoms with van der Waals surface area (Å²) in [6.07, 6.45) is 1.04. The first kappa shape index (κ1) is 14.6. The highest BCUT2D eigenvalue weighted by molar-refractivity contribution is 5.89. The molecule has 0 bridgehead atoms. The number of hydrogen-bond donors (Lipinski definition) is 0. The molecule has 1 aliphatic rings. The van der Waals surface area contributed by atoms with Crippen LogP contribution in [-0.4, -0.2) is 42.3 Å². The van der Waals surface area contributed by atoms with E-state index in [1.165, 1.54) is 0 Å². The van der Waals surface area contributed by atoms with Gasteiger partial charge in [0.15, 0.2) is 0 Å². The summed E-state index contributed by atoms with van der Waals surface area (Å²) in [6, 6.07) is 9.91. The Kier molecular flexibility index (Phi) is 4.12. The number of benzene rings is 1. The lowest BCUT2D eigenvalue weighted by molar-refractivity contribution is -0.150. The second-order valence-electron chi connectivity index (χ2n) is 5.95. The number of carbonyl (C=O) groups is 2. The zero-order valence-electron chi connectivity index (χ0n) is 12.4. The van der Waals surface area contributed by atoms with Crippen molar-refractivity contribution in [1.29, 1.82) is 0 Å². The van der Waals surface area contributed by atoms with Gasteiger partial charge in [0.25, 0.3) is 0 Å². The third-order valence-electron chi connectivity index (χ3n) is 4.09. The van der Waals surface area contributed by atoms with Crippen molar-refractivity contribution in [2.24, 2.45) is 5.41 Å². The minimum absolute atomic E-state index is 0.0558. The Morgan fingerprint density at radius 3 is 2.60 bits per heavy atom. The van der Waals surface area contributed by atoms with Gasteiger partial charge in [-0.25, -0.2) is 0 Å². The fraction of sp³-hybridized carbons (Fsp3) is 0.500. The van der Waals surface area contributed by atoms with E-state index in [0.717, 1.165) is 12.0 Å². The molecule has 1 fully saturated rings. The summed E-state index contributed by atoms with van der Waals surface area (Å²) in [7, 11) is 3.60. The Morgan fingerprint density at radius 2 is 2.00 bits per heavy atom. The molecule has 1 unspecified atom stereocenters. The topological polar surface area (TPSA) is 40.6 Å². The lowest BCUT2D eigenvalue weighted by Crippen LogP contribution is -2.48. The molecule has 4 nitrogen and oxygen atoms in total. The molecule has 1 aliphatic heterocycles. The van der Waals surface area contributed by atoms with Crippen LogP contribution < -0.4 is 0 Å². The molecule has 0 N–H and O–H groups in total. The molecular weight excluding hydrogens is 252 g/mol. The van der Waals surface area contributed by atoms with Crippen molar-refractivity contribution in [3.05, 3.63) is 35.9 Å². The largest absolute Gasteiger partial charge is 0.346 e. The van der Waals surface area contributed by atoms with Crippen molar-refractivity contribution in [2.75, 3.05) is 20.6 Å². The maximum absolute atomic E-state index is 12.6. The van der Waals surface area contributed by atoms with Crippen molar-refractivity contribution < 1.29 is 9.59 Å². The number of piperidine rings is 1. The smallest absolute Gasteiger partial charge is 0.229 e. The van der Waals surface area contributed by atoms with Crippen LogP contribution >= 0.6 is 0 Å². The van der Waals surface area contributed by atoms with Crippen LogP contribution in [0.2, 0.25) is 0 Å². The lowest BCUT2D eigenvalue weighted by atomic mass is 9.78. The predicted octanol–water partition coefficient (Wildman–Crippen LogP) is 1.90. The third kappa shape index (κ3) is 3.00. The van der Waals surface area contributed by atoms with E-state index in [1.807, 2.05) is 44.3 Å². The van der Waals surface area contributed by atoms with Gasteiger partial charge in [-0.3, -0.25) is 9.59 Å². The van der Waals surface area contributed by atoms with E-state index in [1.54, 1.807) is 16.8 Å². The summed E-state index contributed by atoms with van der Waals surface area (Å²) in [5.74, 6) is 0.114. The quantitative estimate of drug-likeness (QED) is 0.844. The average molecular weight is 274 g/mol. The first-order chi connectivity index (χ1) is 9.42. The molecular formula is C16H22N2O2.